The van der Waals surface area contributed by atoms with Crippen molar-refractivity contribution < 1.29 is 23.8 Å². The van der Waals surface area contributed by atoms with Crippen molar-refractivity contribution in [2.24, 2.45) is 0 Å². The molecule has 0 radical (unpaired) electrons. The summed E-state index contributed by atoms with van der Waals surface area (Å²) in [6.07, 6.45) is 2.90. The quantitative estimate of drug-likeness (QED) is 0.182. The molecule has 1 N–H and O–H groups in total. The van der Waals surface area contributed by atoms with Crippen molar-refractivity contribution in [2.45, 2.75) is 39.2 Å². The lowest BCUT2D eigenvalue weighted by Crippen LogP contribution is -2.11. The number of esters is 1. The number of hydrogen-bond acceptors (Lipinski definition) is 6. The molecule has 1 heterocycles. The highest BCUT2D eigenvalue weighted by atomic mass is 16.5. The molecule has 0 saturated carbocycles. The first-order valence-electron chi connectivity index (χ1n) is 11.3. The lowest BCUT2D eigenvalue weighted by molar-refractivity contribution is -0.134. The molecule has 0 aliphatic rings. The summed E-state index contributed by atoms with van der Waals surface area (Å²) in [6, 6.07) is 20.5. The molecule has 4 aromatic rings. The largest absolute Gasteiger partial charge is 0.508 e. The molecule has 0 atom stereocenters. The first-order chi connectivity index (χ1) is 16.5. The summed E-state index contributed by atoms with van der Waals surface area (Å²) in [4.78, 5) is 25.5. The number of carbonyl (C=O) groups excluding carboxylic acids is 1. The van der Waals surface area contributed by atoms with Crippen LogP contribution in [0, 0.1) is 0 Å². The van der Waals surface area contributed by atoms with Gasteiger partial charge in [0, 0.05) is 30.2 Å². The molecule has 3 aromatic carbocycles. The van der Waals surface area contributed by atoms with Gasteiger partial charge in [-0.3, -0.25) is 9.59 Å². The summed E-state index contributed by atoms with van der Waals surface area (Å²) in [7, 11) is 0. The van der Waals surface area contributed by atoms with Crippen molar-refractivity contribution >= 4 is 16.9 Å². The Balaban J connectivity index is 1.72. The molecule has 6 heteroatoms. The van der Waals surface area contributed by atoms with Gasteiger partial charge < -0.3 is 19.0 Å². The average Bonchev–Trinajstić information content (AvgIpc) is 2.83. The minimum Gasteiger partial charge on any atom is -0.508 e. The van der Waals surface area contributed by atoms with Crippen LogP contribution in [0.2, 0.25) is 0 Å². The van der Waals surface area contributed by atoms with Crippen LogP contribution in [0.5, 0.6) is 17.2 Å². The molecule has 4 rings (SSSR count). The van der Waals surface area contributed by atoms with Crippen LogP contribution in [0.3, 0.4) is 0 Å². The van der Waals surface area contributed by atoms with Gasteiger partial charge in [-0.05, 0) is 36.2 Å². The minimum atomic E-state index is -0.406. The third-order valence-corrected chi connectivity index (χ3v) is 5.38. The Morgan fingerprint density at radius 2 is 1.74 bits per heavy atom. The molecule has 0 fully saturated rings. The minimum absolute atomic E-state index is 0.112. The lowest BCUT2D eigenvalue weighted by atomic mass is 10.1. The van der Waals surface area contributed by atoms with Crippen molar-refractivity contribution in [3.8, 4) is 28.6 Å². The van der Waals surface area contributed by atoms with E-state index in [-0.39, 0.29) is 34.3 Å². The van der Waals surface area contributed by atoms with Crippen LogP contribution in [0.15, 0.2) is 82.0 Å². The summed E-state index contributed by atoms with van der Waals surface area (Å²) < 4.78 is 17.6. The van der Waals surface area contributed by atoms with Gasteiger partial charge in [0.25, 0.3) is 0 Å². The van der Waals surface area contributed by atoms with Gasteiger partial charge in [-0.1, -0.05) is 50.1 Å². The molecular weight excluding hydrogens is 432 g/mol. The van der Waals surface area contributed by atoms with E-state index in [2.05, 4.69) is 6.92 Å². The Hall–Kier alpha value is -4.06. The lowest BCUT2D eigenvalue weighted by Gasteiger charge is -2.12. The zero-order chi connectivity index (χ0) is 23.9. The Morgan fingerprint density at radius 3 is 2.47 bits per heavy atom. The van der Waals surface area contributed by atoms with E-state index >= 15 is 0 Å². The van der Waals surface area contributed by atoms with E-state index in [1.807, 2.05) is 30.3 Å². The van der Waals surface area contributed by atoms with Gasteiger partial charge in [-0.15, -0.1) is 0 Å². The van der Waals surface area contributed by atoms with Crippen LogP contribution in [0.1, 0.15) is 38.2 Å². The maximum Gasteiger partial charge on any atom is 0.311 e. The second kappa shape index (κ2) is 10.7. The molecular formula is C28H26O6. The molecule has 0 spiro atoms. The third kappa shape index (κ3) is 5.64. The molecule has 0 aliphatic carbocycles. The molecule has 6 nitrogen and oxygen atoms in total. The fraction of sp³-hybridized carbons (Fsp3) is 0.214. The summed E-state index contributed by atoms with van der Waals surface area (Å²) >= 11 is 0. The maximum absolute atomic E-state index is 13.1. The normalized spacial score (nSPS) is 10.9. The van der Waals surface area contributed by atoms with Crippen LogP contribution < -0.4 is 14.9 Å². The number of fused-ring (bicyclic) bond motifs is 1. The van der Waals surface area contributed by atoms with Gasteiger partial charge in [-0.2, -0.15) is 0 Å². The zero-order valence-electron chi connectivity index (χ0n) is 19.0. The van der Waals surface area contributed by atoms with E-state index in [0.29, 0.717) is 23.7 Å². The molecule has 0 aliphatic heterocycles. The summed E-state index contributed by atoms with van der Waals surface area (Å²) in [5, 5.41) is 9.74. The van der Waals surface area contributed by atoms with E-state index in [0.717, 1.165) is 24.8 Å². The van der Waals surface area contributed by atoms with Crippen LogP contribution in [-0.4, -0.2) is 11.1 Å². The van der Waals surface area contributed by atoms with Crippen LogP contribution >= 0.6 is 0 Å². The van der Waals surface area contributed by atoms with Gasteiger partial charge in [0.1, 0.15) is 40.6 Å². The number of aromatic hydroxyl groups is 1. The number of hydrogen-bond donors (Lipinski definition) is 1. The van der Waals surface area contributed by atoms with Crippen LogP contribution in [-0.2, 0) is 11.4 Å². The first-order valence-corrected chi connectivity index (χ1v) is 11.3. The molecule has 34 heavy (non-hydrogen) atoms. The highest BCUT2D eigenvalue weighted by molar-refractivity contribution is 5.89. The van der Waals surface area contributed by atoms with Gasteiger partial charge >= 0.3 is 5.97 Å². The van der Waals surface area contributed by atoms with Crippen molar-refractivity contribution in [1.29, 1.82) is 0 Å². The Labute approximate surface area is 197 Å². The number of ether oxygens (including phenoxy) is 2. The molecule has 0 bridgehead atoms. The topological polar surface area (TPSA) is 86.0 Å². The van der Waals surface area contributed by atoms with E-state index in [9.17, 15) is 14.7 Å². The highest BCUT2D eigenvalue weighted by Gasteiger charge is 2.17. The first kappa shape index (κ1) is 23.1. The Bertz CT molecular complexity index is 1320. The van der Waals surface area contributed by atoms with Gasteiger partial charge in [-0.25, -0.2) is 0 Å². The molecule has 174 valence electrons. The predicted octanol–water partition coefficient (Wildman–Crippen LogP) is 6.23. The monoisotopic (exact) mass is 458 g/mol. The van der Waals surface area contributed by atoms with Gasteiger partial charge in [0.2, 0.25) is 0 Å². The number of carbonyl (C=O) groups is 1. The SMILES string of the molecule is CCCCCC(=O)Oc1cc(OCc2ccccc2)cc2oc(-c3ccc(O)cc3)cc(=O)c12. The second-order valence-electron chi connectivity index (χ2n) is 8.02. The van der Waals surface area contributed by atoms with Crippen molar-refractivity contribution in [2.75, 3.05) is 0 Å². The number of rotatable bonds is 9. The van der Waals surface area contributed by atoms with E-state index in [1.165, 1.54) is 18.2 Å². The van der Waals surface area contributed by atoms with Crippen molar-refractivity contribution in [3.05, 3.63) is 88.6 Å². The maximum atomic E-state index is 13.1. The summed E-state index contributed by atoms with van der Waals surface area (Å²) in [6.45, 7) is 2.36. The van der Waals surface area contributed by atoms with E-state index < -0.39 is 5.97 Å². The van der Waals surface area contributed by atoms with Crippen LogP contribution in [0.25, 0.3) is 22.3 Å². The number of benzene rings is 3. The number of unbranched alkanes of at least 4 members (excludes halogenated alkanes) is 2. The average molecular weight is 459 g/mol. The number of phenolic OH excluding ortho intramolecular Hbond substituents is 1. The summed E-state index contributed by atoms with van der Waals surface area (Å²) in [5.41, 5.74) is 1.51. The Kier molecular flexibility index (Phi) is 7.28. The predicted molar refractivity (Wildman–Crippen MR) is 130 cm³/mol. The van der Waals surface area contributed by atoms with Gasteiger partial charge in [0.05, 0.1) is 0 Å². The third-order valence-electron chi connectivity index (χ3n) is 5.38. The standard InChI is InChI=1S/C28H26O6/c1-2-3-5-10-27(31)34-26-16-22(32-18-19-8-6-4-7-9-19)15-25-28(26)23(30)17-24(33-25)20-11-13-21(29)14-12-20/h4,6-9,11-17,29H,2-3,5,10,18H2,1H3. The van der Waals surface area contributed by atoms with Crippen molar-refractivity contribution in [1.82, 2.24) is 0 Å². The number of phenols is 1. The smallest absolute Gasteiger partial charge is 0.311 e. The highest BCUT2D eigenvalue weighted by Crippen LogP contribution is 2.33. The van der Waals surface area contributed by atoms with E-state index in [1.54, 1.807) is 24.3 Å². The molecule has 0 amide bonds. The van der Waals surface area contributed by atoms with Gasteiger partial charge in [0.15, 0.2) is 5.43 Å². The second-order valence-corrected chi connectivity index (χ2v) is 8.02. The fourth-order valence-electron chi connectivity index (χ4n) is 3.59. The fourth-order valence-corrected chi connectivity index (χ4v) is 3.59. The molecule has 0 saturated heterocycles. The molecule has 0 unspecified atom stereocenters. The zero-order valence-corrected chi connectivity index (χ0v) is 19.0. The van der Waals surface area contributed by atoms with Crippen LogP contribution in [0.4, 0.5) is 0 Å². The summed E-state index contributed by atoms with van der Waals surface area (Å²) in [5.74, 6) is 0.572. The Morgan fingerprint density at radius 1 is 0.971 bits per heavy atom. The van der Waals surface area contributed by atoms with E-state index in [4.69, 9.17) is 13.9 Å². The molecule has 1 aromatic heterocycles. The van der Waals surface area contributed by atoms with Crippen molar-refractivity contribution in [3.63, 3.8) is 0 Å².